The number of amides is 2. The lowest BCUT2D eigenvalue weighted by Crippen LogP contribution is -2.21. The van der Waals surface area contributed by atoms with Gasteiger partial charge in [-0.1, -0.05) is 35.3 Å². The highest BCUT2D eigenvalue weighted by molar-refractivity contribution is 6.35. The average Bonchev–Trinajstić information content (AvgIpc) is 2.51. The second-order valence-corrected chi connectivity index (χ2v) is 5.44. The number of benzene rings is 2. The highest BCUT2D eigenvalue weighted by Crippen LogP contribution is 2.26. The van der Waals surface area contributed by atoms with Crippen LogP contribution in [0, 0.1) is 0 Å². The smallest absolute Gasteiger partial charge is 0.233 e. The Balaban J connectivity index is 1.97. The van der Waals surface area contributed by atoms with E-state index in [1.54, 1.807) is 36.4 Å². The molecular weight excluding hydrogens is 339 g/mol. The minimum Gasteiger partial charge on any atom is -0.495 e. The molecule has 7 heteroatoms. The molecule has 2 aromatic rings. The summed E-state index contributed by atoms with van der Waals surface area (Å²) < 4.78 is 5.13. The molecular formula is C16H14Cl2N2O3. The highest BCUT2D eigenvalue weighted by Gasteiger charge is 2.13. The van der Waals surface area contributed by atoms with Crippen molar-refractivity contribution in [2.24, 2.45) is 0 Å². The maximum Gasteiger partial charge on any atom is 0.233 e. The Kier molecular flexibility index (Phi) is 5.84. The van der Waals surface area contributed by atoms with Gasteiger partial charge in [-0.15, -0.1) is 0 Å². The first-order valence-corrected chi connectivity index (χ1v) is 7.43. The summed E-state index contributed by atoms with van der Waals surface area (Å²) in [4.78, 5) is 23.9. The van der Waals surface area contributed by atoms with Crippen molar-refractivity contribution in [3.63, 3.8) is 0 Å². The van der Waals surface area contributed by atoms with E-state index in [0.717, 1.165) is 0 Å². The van der Waals surface area contributed by atoms with Gasteiger partial charge in [0, 0.05) is 5.02 Å². The molecule has 0 heterocycles. The number of nitrogens with one attached hydrogen (secondary N) is 2. The zero-order valence-corrected chi connectivity index (χ0v) is 13.7. The Bertz CT molecular complexity index is 735. The Labute approximate surface area is 143 Å². The number of rotatable bonds is 5. The van der Waals surface area contributed by atoms with Crippen LogP contribution in [0.15, 0.2) is 42.5 Å². The predicted molar refractivity (Wildman–Crippen MR) is 91.3 cm³/mol. The summed E-state index contributed by atoms with van der Waals surface area (Å²) in [6, 6.07) is 11.6. The van der Waals surface area contributed by atoms with Gasteiger partial charge in [-0.25, -0.2) is 0 Å². The van der Waals surface area contributed by atoms with Gasteiger partial charge in [0.25, 0.3) is 0 Å². The summed E-state index contributed by atoms with van der Waals surface area (Å²) in [6.07, 6.45) is -0.360. The lowest BCUT2D eigenvalue weighted by molar-refractivity contribution is -0.123. The molecule has 0 aromatic heterocycles. The van der Waals surface area contributed by atoms with Gasteiger partial charge in [-0.3, -0.25) is 9.59 Å². The monoisotopic (exact) mass is 352 g/mol. The van der Waals surface area contributed by atoms with Crippen LogP contribution in [-0.4, -0.2) is 18.9 Å². The fourth-order valence-electron chi connectivity index (χ4n) is 1.88. The number of para-hydroxylation sites is 2. The Hall–Kier alpha value is -2.24. The van der Waals surface area contributed by atoms with Crippen LogP contribution in [0.2, 0.25) is 10.0 Å². The van der Waals surface area contributed by atoms with Crippen molar-refractivity contribution in [2.75, 3.05) is 17.7 Å². The van der Waals surface area contributed by atoms with E-state index in [1.165, 1.54) is 13.2 Å². The van der Waals surface area contributed by atoms with E-state index in [9.17, 15) is 9.59 Å². The van der Waals surface area contributed by atoms with Crippen molar-refractivity contribution in [1.29, 1.82) is 0 Å². The third kappa shape index (κ3) is 4.87. The van der Waals surface area contributed by atoms with E-state index >= 15 is 0 Å². The summed E-state index contributed by atoms with van der Waals surface area (Å²) in [6.45, 7) is 0. The number of hydrogen-bond acceptors (Lipinski definition) is 3. The topological polar surface area (TPSA) is 67.4 Å². The van der Waals surface area contributed by atoms with Gasteiger partial charge in [-0.2, -0.15) is 0 Å². The second-order valence-electron chi connectivity index (χ2n) is 4.60. The standard InChI is InChI=1S/C16H14Cl2N2O3/c1-23-14-5-3-2-4-12(14)19-15(21)9-16(22)20-13-8-10(17)6-7-11(13)18/h2-8H,9H2,1H3,(H,19,21)(H,20,22). The minimum atomic E-state index is -0.499. The first-order valence-electron chi connectivity index (χ1n) is 6.67. The molecule has 2 N–H and O–H groups in total. The van der Waals surface area contributed by atoms with Crippen LogP contribution >= 0.6 is 23.2 Å². The SMILES string of the molecule is COc1ccccc1NC(=O)CC(=O)Nc1cc(Cl)ccc1Cl. The zero-order chi connectivity index (χ0) is 16.8. The van der Waals surface area contributed by atoms with E-state index in [-0.39, 0.29) is 6.42 Å². The number of carbonyl (C=O) groups excluding carboxylic acids is 2. The fraction of sp³-hybridized carbons (Fsp3) is 0.125. The minimum absolute atomic E-state index is 0.341. The summed E-state index contributed by atoms with van der Waals surface area (Å²) in [5.74, 6) is -0.453. The molecule has 0 saturated carbocycles. The lowest BCUT2D eigenvalue weighted by Gasteiger charge is -2.10. The van der Waals surface area contributed by atoms with Crippen molar-refractivity contribution in [2.45, 2.75) is 6.42 Å². The molecule has 5 nitrogen and oxygen atoms in total. The molecule has 0 spiro atoms. The number of anilines is 2. The second kappa shape index (κ2) is 7.85. The van der Waals surface area contributed by atoms with Crippen molar-refractivity contribution in [3.05, 3.63) is 52.5 Å². The number of hydrogen-bond donors (Lipinski definition) is 2. The lowest BCUT2D eigenvalue weighted by atomic mass is 10.2. The predicted octanol–water partition coefficient (Wildman–Crippen LogP) is 3.97. The van der Waals surface area contributed by atoms with Crippen molar-refractivity contribution >= 4 is 46.4 Å². The largest absolute Gasteiger partial charge is 0.495 e. The molecule has 0 aliphatic heterocycles. The average molecular weight is 353 g/mol. The number of methoxy groups -OCH3 is 1. The van der Waals surface area contributed by atoms with Crippen LogP contribution in [0.4, 0.5) is 11.4 Å². The van der Waals surface area contributed by atoms with Crippen molar-refractivity contribution in [3.8, 4) is 5.75 Å². The molecule has 0 fully saturated rings. The van der Waals surface area contributed by atoms with Gasteiger partial charge in [0.05, 0.1) is 23.5 Å². The molecule has 0 saturated heterocycles. The molecule has 0 aliphatic rings. The van der Waals surface area contributed by atoms with E-state index in [1.807, 2.05) is 0 Å². The molecule has 0 aliphatic carbocycles. The summed E-state index contributed by atoms with van der Waals surface area (Å²) in [7, 11) is 1.50. The molecule has 0 unspecified atom stereocenters. The summed E-state index contributed by atoms with van der Waals surface area (Å²) in [5, 5.41) is 5.94. The zero-order valence-electron chi connectivity index (χ0n) is 12.2. The Morgan fingerprint density at radius 2 is 1.65 bits per heavy atom. The first kappa shape index (κ1) is 17.1. The molecule has 120 valence electrons. The van der Waals surface area contributed by atoms with E-state index in [2.05, 4.69) is 10.6 Å². The van der Waals surface area contributed by atoms with Crippen molar-refractivity contribution < 1.29 is 14.3 Å². The summed E-state index contributed by atoms with van der Waals surface area (Å²) in [5.41, 5.74) is 0.850. The van der Waals surface area contributed by atoms with Crippen LogP contribution in [0.25, 0.3) is 0 Å². The molecule has 2 aromatic carbocycles. The molecule has 2 amide bonds. The fourth-order valence-corrected chi connectivity index (χ4v) is 2.21. The molecule has 0 atom stereocenters. The number of carbonyl (C=O) groups is 2. The van der Waals surface area contributed by atoms with Crippen LogP contribution in [0.3, 0.4) is 0 Å². The van der Waals surface area contributed by atoms with Crippen LogP contribution in [0.1, 0.15) is 6.42 Å². The molecule has 0 radical (unpaired) electrons. The van der Waals surface area contributed by atoms with Gasteiger partial charge in [0.2, 0.25) is 11.8 Å². The first-order chi connectivity index (χ1) is 11.0. The van der Waals surface area contributed by atoms with Crippen molar-refractivity contribution in [1.82, 2.24) is 0 Å². The van der Waals surface area contributed by atoms with E-state index in [0.29, 0.717) is 27.2 Å². The van der Waals surface area contributed by atoms with E-state index in [4.69, 9.17) is 27.9 Å². The molecule has 23 heavy (non-hydrogen) atoms. The Morgan fingerprint density at radius 1 is 1.00 bits per heavy atom. The normalized spacial score (nSPS) is 10.0. The maximum atomic E-state index is 11.9. The van der Waals surface area contributed by atoms with Gasteiger partial charge in [-0.05, 0) is 30.3 Å². The molecule has 2 rings (SSSR count). The quantitative estimate of drug-likeness (QED) is 0.800. The number of ether oxygens (including phenoxy) is 1. The van der Waals surface area contributed by atoms with E-state index < -0.39 is 11.8 Å². The van der Waals surface area contributed by atoms with Gasteiger partial charge >= 0.3 is 0 Å². The van der Waals surface area contributed by atoms with Gasteiger partial charge < -0.3 is 15.4 Å². The summed E-state index contributed by atoms with van der Waals surface area (Å²) >= 11 is 11.8. The Morgan fingerprint density at radius 3 is 2.35 bits per heavy atom. The van der Waals surface area contributed by atoms with Gasteiger partial charge in [0.1, 0.15) is 12.2 Å². The van der Waals surface area contributed by atoms with Crippen LogP contribution in [0.5, 0.6) is 5.75 Å². The third-order valence-corrected chi connectivity index (χ3v) is 3.47. The van der Waals surface area contributed by atoms with Gasteiger partial charge in [0.15, 0.2) is 0 Å². The maximum absolute atomic E-state index is 11.9. The molecule has 0 bridgehead atoms. The van der Waals surface area contributed by atoms with Crippen LogP contribution in [-0.2, 0) is 9.59 Å². The number of halogens is 2. The third-order valence-electron chi connectivity index (χ3n) is 2.90. The van der Waals surface area contributed by atoms with Crippen LogP contribution < -0.4 is 15.4 Å². The highest BCUT2D eigenvalue weighted by atomic mass is 35.5.